The molecular formula is C15H11F3N2. The highest BCUT2D eigenvalue weighted by Crippen LogP contribution is 2.29. The number of rotatable bonds is 3. The maximum absolute atomic E-state index is 12.5. The standard InChI is InChI=1S/C15H11F3N2/c16-15(17,18)13-8-6-12(7-9-13)10-20(11-19)14-4-2-1-3-5-14/h1-9H,10H2. The van der Waals surface area contributed by atoms with E-state index in [1.165, 1.54) is 17.0 Å². The molecule has 0 spiro atoms. The van der Waals surface area contributed by atoms with Gasteiger partial charge in [-0.25, -0.2) is 0 Å². The summed E-state index contributed by atoms with van der Waals surface area (Å²) in [6.45, 7) is 0.235. The zero-order chi connectivity index (χ0) is 14.6. The van der Waals surface area contributed by atoms with Crippen molar-refractivity contribution in [2.45, 2.75) is 12.7 Å². The lowest BCUT2D eigenvalue weighted by molar-refractivity contribution is -0.137. The van der Waals surface area contributed by atoms with E-state index in [0.29, 0.717) is 11.3 Å². The number of alkyl halides is 3. The highest BCUT2D eigenvalue weighted by molar-refractivity contribution is 5.50. The molecule has 102 valence electrons. The second-order valence-electron chi connectivity index (χ2n) is 4.22. The molecule has 2 nitrogen and oxygen atoms in total. The van der Waals surface area contributed by atoms with E-state index in [1.54, 1.807) is 24.3 Å². The molecule has 20 heavy (non-hydrogen) atoms. The Morgan fingerprint density at radius 2 is 1.55 bits per heavy atom. The quantitative estimate of drug-likeness (QED) is 0.620. The van der Waals surface area contributed by atoms with Crippen molar-refractivity contribution in [3.8, 4) is 6.19 Å². The van der Waals surface area contributed by atoms with Crippen LogP contribution in [0.5, 0.6) is 0 Å². The second kappa shape index (κ2) is 5.66. The molecule has 2 aromatic carbocycles. The molecule has 0 aliphatic heterocycles. The van der Waals surface area contributed by atoms with E-state index in [4.69, 9.17) is 5.26 Å². The molecule has 2 aromatic rings. The molecule has 0 heterocycles. The number of para-hydroxylation sites is 1. The van der Waals surface area contributed by atoms with Crippen LogP contribution in [0, 0.1) is 11.5 Å². The highest BCUT2D eigenvalue weighted by Gasteiger charge is 2.29. The monoisotopic (exact) mass is 276 g/mol. The summed E-state index contributed by atoms with van der Waals surface area (Å²) in [6.07, 6.45) is -2.32. The predicted octanol–water partition coefficient (Wildman–Crippen LogP) is 4.19. The molecule has 0 radical (unpaired) electrons. The Labute approximate surface area is 114 Å². The summed E-state index contributed by atoms with van der Waals surface area (Å²) in [7, 11) is 0. The smallest absolute Gasteiger partial charge is 0.275 e. The Balaban J connectivity index is 2.15. The first-order valence-corrected chi connectivity index (χ1v) is 5.89. The molecule has 0 saturated heterocycles. The third kappa shape index (κ3) is 3.29. The van der Waals surface area contributed by atoms with Crippen LogP contribution < -0.4 is 4.90 Å². The second-order valence-corrected chi connectivity index (χ2v) is 4.22. The average molecular weight is 276 g/mol. The van der Waals surface area contributed by atoms with Crippen molar-refractivity contribution < 1.29 is 13.2 Å². The van der Waals surface area contributed by atoms with Crippen LogP contribution in [-0.2, 0) is 12.7 Å². The van der Waals surface area contributed by atoms with E-state index in [-0.39, 0.29) is 6.54 Å². The molecule has 0 saturated carbocycles. The summed E-state index contributed by atoms with van der Waals surface area (Å²) in [5.41, 5.74) is 0.655. The minimum atomic E-state index is -4.34. The molecule has 5 heteroatoms. The van der Waals surface area contributed by atoms with Gasteiger partial charge in [0.25, 0.3) is 0 Å². The number of hydrogen-bond acceptors (Lipinski definition) is 2. The van der Waals surface area contributed by atoms with E-state index in [2.05, 4.69) is 0 Å². The number of benzene rings is 2. The first-order chi connectivity index (χ1) is 9.50. The molecule has 0 fully saturated rings. The molecule has 0 unspecified atom stereocenters. The first-order valence-electron chi connectivity index (χ1n) is 5.89. The molecule has 0 aliphatic rings. The topological polar surface area (TPSA) is 27.0 Å². The average Bonchev–Trinajstić information content (AvgIpc) is 2.45. The van der Waals surface area contributed by atoms with Crippen LogP contribution in [0.4, 0.5) is 18.9 Å². The SMILES string of the molecule is N#CN(Cc1ccc(C(F)(F)F)cc1)c1ccccc1. The first kappa shape index (κ1) is 13.9. The summed E-state index contributed by atoms with van der Waals surface area (Å²) < 4.78 is 37.4. The molecule has 0 bridgehead atoms. The van der Waals surface area contributed by atoms with Gasteiger partial charge in [-0.2, -0.15) is 18.4 Å². The minimum absolute atomic E-state index is 0.235. The van der Waals surface area contributed by atoms with Crippen LogP contribution >= 0.6 is 0 Å². The lowest BCUT2D eigenvalue weighted by Crippen LogP contribution is -2.15. The van der Waals surface area contributed by atoms with Gasteiger partial charge in [0.15, 0.2) is 6.19 Å². The summed E-state index contributed by atoms with van der Waals surface area (Å²) in [5, 5.41) is 9.12. The highest BCUT2D eigenvalue weighted by atomic mass is 19.4. The van der Waals surface area contributed by atoms with Crippen LogP contribution in [-0.4, -0.2) is 0 Å². The zero-order valence-corrected chi connectivity index (χ0v) is 10.4. The van der Waals surface area contributed by atoms with Gasteiger partial charge >= 0.3 is 6.18 Å². The van der Waals surface area contributed by atoms with Crippen molar-refractivity contribution in [2.75, 3.05) is 4.90 Å². The van der Waals surface area contributed by atoms with E-state index < -0.39 is 11.7 Å². The number of nitriles is 1. The number of anilines is 1. The molecule has 0 amide bonds. The maximum Gasteiger partial charge on any atom is 0.416 e. The Hall–Kier alpha value is -2.48. The fraction of sp³-hybridized carbons (Fsp3) is 0.133. The van der Waals surface area contributed by atoms with Gasteiger partial charge in [-0.05, 0) is 29.8 Å². The summed E-state index contributed by atoms with van der Waals surface area (Å²) >= 11 is 0. The van der Waals surface area contributed by atoms with Crippen molar-refractivity contribution in [2.24, 2.45) is 0 Å². The Kier molecular flexibility index (Phi) is 3.94. The number of hydrogen-bond donors (Lipinski definition) is 0. The van der Waals surface area contributed by atoms with Gasteiger partial charge in [0, 0.05) is 0 Å². The van der Waals surface area contributed by atoms with Gasteiger partial charge in [0.2, 0.25) is 0 Å². The van der Waals surface area contributed by atoms with Gasteiger partial charge in [0.1, 0.15) is 0 Å². The molecule has 0 atom stereocenters. The normalized spacial score (nSPS) is 10.9. The predicted molar refractivity (Wildman–Crippen MR) is 69.7 cm³/mol. The van der Waals surface area contributed by atoms with Crippen LogP contribution in [0.1, 0.15) is 11.1 Å². The molecule has 2 rings (SSSR count). The van der Waals surface area contributed by atoms with Crippen LogP contribution in [0.2, 0.25) is 0 Å². The van der Waals surface area contributed by atoms with E-state index in [0.717, 1.165) is 12.1 Å². The lowest BCUT2D eigenvalue weighted by atomic mass is 10.1. The Morgan fingerprint density at radius 3 is 2.05 bits per heavy atom. The third-order valence-corrected chi connectivity index (χ3v) is 2.81. The lowest BCUT2D eigenvalue weighted by Gasteiger charge is -2.16. The summed E-state index contributed by atoms with van der Waals surface area (Å²) in [4.78, 5) is 1.42. The van der Waals surface area contributed by atoms with Gasteiger partial charge in [0.05, 0.1) is 17.8 Å². The molecule has 0 aromatic heterocycles. The van der Waals surface area contributed by atoms with E-state index in [1.807, 2.05) is 12.3 Å². The molecule has 0 aliphatic carbocycles. The van der Waals surface area contributed by atoms with Crippen LogP contribution in [0.15, 0.2) is 54.6 Å². The van der Waals surface area contributed by atoms with Gasteiger partial charge in [-0.15, -0.1) is 0 Å². The fourth-order valence-corrected chi connectivity index (χ4v) is 1.77. The van der Waals surface area contributed by atoms with Crippen molar-refractivity contribution in [3.05, 3.63) is 65.7 Å². The number of nitrogens with zero attached hydrogens (tertiary/aromatic N) is 2. The maximum atomic E-state index is 12.5. The van der Waals surface area contributed by atoms with Gasteiger partial charge < -0.3 is 0 Å². The largest absolute Gasteiger partial charge is 0.416 e. The summed E-state index contributed by atoms with van der Waals surface area (Å²) in [6, 6.07) is 13.8. The molecule has 0 N–H and O–H groups in total. The molecular weight excluding hydrogens is 265 g/mol. The van der Waals surface area contributed by atoms with Crippen molar-refractivity contribution in [3.63, 3.8) is 0 Å². The Morgan fingerprint density at radius 1 is 0.950 bits per heavy atom. The summed E-state index contributed by atoms with van der Waals surface area (Å²) in [5.74, 6) is 0. The van der Waals surface area contributed by atoms with E-state index in [9.17, 15) is 13.2 Å². The van der Waals surface area contributed by atoms with Gasteiger partial charge in [-0.1, -0.05) is 30.3 Å². The fourth-order valence-electron chi connectivity index (χ4n) is 1.77. The number of halogens is 3. The van der Waals surface area contributed by atoms with Crippen LogP contribution in [0.3, 0.4) is 0 Å². The van der Waals surface area contributed by atoms with Crippen LogP contribution in [0.25, 0.3) is 0 Å². The van der Waals surface area contributed by atoms with Crippen molar-refractivity contribution in [1.29, 1.82) is 5.26 Å². The van der Waals surface area contributed by atoms with Crippen molar-refractivity contribution in [1.82, 2.24) is 0 Å². The van der Waals surface area contributed by atoms with E-state index >= 15 is 0 Å². The minimum Gasteiger partial charge on any atom is -0.275 e. The zero-order valence-electron chi connectivity index (χ0n) is 10.4. The van der Waals surface area contributed by atoms with Crippen molar-refractivity contribution >= 4 is 5.69 Å². The third-order valence-electron chi connectivity index (χ3n) is 2.81. The Bertz CT molecular complexity index is 598. The van der Waals surface area contributed by atoms with Gasteiger partial charge in [-0.3, -0.25) is 4.90 Å².